The number of morpholine rings is 1. The van der Waals surface area contributed by atoms with Crippen LogP contribution in [0.5, 0.6) is 18.0 Å². The zero-order valence-electron chi connectivity index (χ0n) is 18.8. The van der Waals surface area contributed by atoms with E-state index in [0.717, 1.165) is 0 Å². The number of nitrogens with zero attached hydrogens (tertiary/aromatic N) is 5. The molecule has 0 aliphatic carbocycles. The summed E-state index contributed by atoms with van der Waals surface area (Å²) in [4.78, 5) is 52.1. The molecule has 0 aromatic carbocycles. The smallest absolute Gasteiger partial charge is 0.328 e. The minimum atomic E-state index is -0.643. The molecule has 1 amide bonds. The molecule has 34 heavy (non-hydrogen) atoms. The fraction of sp³-hybridized carbons (Fsp3) is 0.429. The molecule has 0 saturated carbocycles. The maximum absolute atomic E-state index is 12.7. The number of hydrogen-bond acceptors (Lipinski definition) is 10. The van der Waals surface area contributed by atoms with Gasteiger partial charge in [-0.3, -0.25) is 19.1 Å². The van der Waals surface area contributed by atoms with Crippen LogP contribution in [0.3, 0.4) is 0 Å². The second kappa shape index (κ2) is 11.7. The zero-order chi connectivity index (χ0) is 24.5. The summed E-state index contributed by atoms with van der Waals surface area (Å²) in [5, 5.41) is 0. The Bertz CT molecular complexity index is 1110. The Morgan fingerprint density at radius 2 is 1.76 bits per heavy atom. The van der Waals surface area contributed by atoms with Gasteiger partial charge in [-0.15, -0.1) is 15.0 Å². The van der Waals surface area contributed by atoms with Crippen molar-refractivity contribution in [1.29, 1.82) is 0 Å². The average Bonchev–Trinajstić information content (AvgIpc) is 2.83. The second-order valence-electron chi connectivity index (χ2n) is 7.23. The number of nitrogens with one attached hydrogen (secondary N) is 1. The quantitative estimate of drug-likeness (QED) is 0.421. The molecule has 182 valence electrons. The Morgan fingerprint density at radius 1 is 1.15 bits per heavy atom. The Morgan fingerprint density at radius 3 is 2.38 bits per heavy atom. The van der Waals surface area contributed by atoms with Gasteiger partial charge in [-0.05, 0) is 6.92 Å². The van der Waals surface area contributed by atoms with E-state index in [0.29, 0.717) is 12.1 Å². The monoisotopic (exact) mass is 474 g/mol. The van der Waals surface area contributed by atoms with E-state index < -0.39 is 17.4 Å². The summed E-state index contributed by atoms with van der Waals surface area (Å²) in [6.07, 6.45) is 3.98. The molecule has 13 heteroatoms. The first kappa shape index (κ1) is 24.6. The molecule has 1 aliphatic heterocycles. The van der Waals surface area contributed by atoms with Crippen molar-refractivity contribution in [2.45, 2.75) is 19.6 Å². The summed E-state index contributed by atoms with van der Waals surface area (Å²) in [5.41, 5.74) is -0.784. The van der Waals surface area contributed by atoms with Crippen LogP contribution in [0.1, 0.15) is 5.56 Å². The van der Waals surface area contributed by atoms with E-state index in [2.05, 4.69) is 33.1 Å². The lowest BCUT2D eigenvalue weighted by Gasteiger charge is -2.32. The number of aryl methyl sites for hydroxylation is 1. The van der Waals surface area contributed by atoms with Crippen LogP contribution in [-0.4, -0.2) is 80.9 Å². The van der Waals surface area contributed by atoms with Gasteiger partial charge in [0, 0.05) is 18.3 Å². The van der Waals surface area contributed by atoms with Crippen molar-refractivity contribution in [3.8, 4) is 18.0 Å². The number of aromatic amines is 1. The van der Waals surface area contributed by atoms with E-state index in [9.17, 15) is 14.4 Å². The van der Waals surface area contributed by atoms with Crippen LogP contribution in [0.25, 0.3) is 0 Å². The molecule has 0 spiro atoms. The second-order valence-corrected chi connectivity index (χ2v) is 7.23. The largest absolute Gasteiger partial charge is 0.460 e. The maximum Gasteiger partial charge on any atom is 0.328 e. The van der Waals surface area contributed by atoms with Gasteiger partial charge in [0.25, 0.3) is 5.56 Å². The lowest BCUT2D eigenvalue weighted by molar-refractivity contribution is -0.140. The van der Waals surface area contributed by atoms with E-state index in [1.54, 1.807) is 24.0 Å². The predicted molar refractivity (Wildman–Crippen MR) is 119 cm³/mol. The van der Waals surface area contributed by atoms with Gasteiger partial charge in [-0.25, -0.2) is 4.79 Å². The fourth-order valence-corrected chi connectivity index (χ4v) is 2.98. The Balaban J connectivity index is 1.61. The molecule has 3 rings (SSSR count). The van der Waals surface area contributed by atoms with Crippen LogP contribution in [0.15, 0.2) is 41.1 Å². The minimum Gasteiger partial charge on any atom is -0.460 e. The molecule has 1 aliphatic rings. The summed E-state index contributed by atoms with van der Waals surface area (Å²) in [7, 11) is 0. The van der Waals surface area contributed by atoms with Crippen LogP contribution in [0.4, 0.5) is 0 Å². The van der Waals surface area contributed by atoms with Gasteiger partial charge in [0.15, 0.2) is 0 Å². The molecule has 2 aromatic rings. The molecule has 3 heterocycles. The first-order chi connectivity index (χ1) is 16.4. The Hall–Kier alpha value is -4.00. The Kier molecular flexibility index (Phi) is 8.51. The number of amides is 1. The molecule has 0 radical (unpaired) electrons. The molecule has 1 saturated heterocycles. The highest BCUT2D eigenvalue weighted by atomic mass is 16.6. The number of aromatic nitrogens is 5. The zero-order valence-corrected chi connectivity index (χ0v) is 18.8. The van der Waals surface area contributed by atoms with Crippen LogP contribution in [0, 0.1) is 6.92 Å². The standard InChI is InChI=1S/C21H26N6O7/c1-4-7-32-18-23-19(33-8-5-2)25-20(24-18)34-13-15-11-26(6-9-31-15)16(28)12-27-10-14(3)17(29)22-21(27)30/h4-5,10,15H,1-2,6-9,11-13H2,3H3,(H,22,29,30). The summed E-state index contributed by atoms with van der Waals surface area (Å²) in [5.74, 6) is -0.290. The third-order valence-corrected chi connectivity index (χ3v) is 4.62. The van der Waals surface area contributed by atoms with E-state index in [-0.39, 0.29) is 63.5 Å². The molecule has 1 unspecified atom stereocenters. The lowest BCUT2D eigenvalue weighted by atomic mass is 10.2. The van der Waals surface area contributed by atoms with Gasteiger partial charge in [0.05, 0.1) is 13.2 Å². The van der Waals surface area contributed by atoms with E-state index >= 15 is 0 Å². The number of carbonyl (C=O) groups excluding carboxylic acids is 1. The SMILES string of the molecule is C=CCOc1nc(OCC=C)nc(OCC2CN(C(=O)Cn3cc(C)c(=O)[nH]c3=O)CCO2)n1. The molecule has 1 N–H and O–H groups in total. The normalized spacial score (nSPS) is 15.4. The van der Waals surface area contributed by atoms with Crippen molar-refractivity contribution < 1.29 is 23.7 Å². The highest BCUT2D eigenvalue weighted by Gasteiger charge is 2.26. The van der Waals surface area contributed by atoms with E-state index in [1.807, 2.05) is 0 Å². The van der Waals surface area contributed by atoms with Crippen LogP contribution < -0.4 is 25.5 Å². The third-order valence-electron chi connectivity index (χ3n) is 4.62. The highest BCUT2D eigenvalue weighted by molar-refractivity contribution is 5.76. The van der Waals surface area contributed by atoms with Gasteiger partial charge >= 0.3 is 23.7 Å². The van der Waals surface area contributed by atoms with Gasteiger partial charge in [0.2, 0.25) is 5.91 Å². The van der Waals surface area contributed by atoms with Crippen molar-refractivity contribution in [2.24, 2.45) is 0 Å². The topological polar surface area (TPSA) is 151 Å². The van der Waals surface area contributed by atoms with Crippen molar-refractivity contribution >= 4 is 5.91 Å². The molecule has 2 aromatic heterocycles. The summed E-state index contributed by atoms with van der Waals surface area (Å²) in [6, 6.07) is -0.0191. The van der Waals surface area contributed by atoms with Crippen LogP contribution >= 0.6 is 0 Å². The van der Waals surface area contributed by atoms with Gasteiger partial charge in [-0.2, -0.15) is 0 Å². The molecule has 1 fully saturated rings. The number of H-pyrrole nitrogens is 1. The van der Waals surface area contributed by atoms with Crippen molar-refractivity contribution in [3.05, 3.63) is 57.9 Å². The number of hydrogen-bond donors (Lipinski definition) is 1. The summed E-state index contributed by atoms with van der Waals surface area (Å²) >= 11 is 0. The van der Waals surface area contributed by atoms with Crippen molar-refractivity contribution in [3.63, 3.8) is 0 Å². The van der Waals surface area contributed by atoms with Gasteiger partial charge in [-0.1, -0.05) is 25.3 Å². The molecular formula is C21H26N6O7. The van der Waals surface area contributed by atoms with Gasteiger partial charge in [0.1, 0.15) is 32.5 Å². The fourth-order valence-electron chi connectivity index (χ4n) is 2.98. The van der Waals surface area contributed by atoms with E-state index in [4.69, 9.17) is 18.9 Å². The van der Waals surface area contributed by atoms with Crippen molar-refractivity contribution in [2.75, 3.05) is 39.5 Å². The summed E-state index contributed by atoms with van der Waals surface area (Å²) < 4.78 is 23.2. The third kappa shape index (κ3) is 6.75. The first-order valence-corrected chi connectivity index (χ1v) is 10.5. The highest BCUT2D eigenvalue weighted by Crippen LogP contribution is 2.16. The average molecular weight is 474 g/mol. The number of carbonyl (C=O) groups is 1. The number of rotatable bonds is 11. The molecular weight excluding hydrogens is 448 g/mol. The maximum atomic E-state index is 12.7. The first-order valence-electron chi connectivity index (χ1n) is 10.5. The lowest BCUT2D eigenvalue weighted by Crippen LogP contribution is -2.49. The van der Waals surface area contributed by atoms with Crippen LogP contribution in [0.2, 0.25) is 0 Å². The minimum absolute atomic E-state index is 0.00645. The molecule has 13 nitrogen and oxygen atoms in total. The van der Waals surface area contributed by atoms with Crippen molar-refractivity contribution in [1.82, 2.24) is 29.4 Å². The van der Waals surface area contributed by atoms with Crippen LogP contribution in [-0.2, 0) is 16.1 Å². The number of ether oxygens (including phenoxy) is 4. The molecule has 0 bridgehead atoms. The molecule has 1 atom stereocenters. The predicted octanol–water partition coefficient (Wildman–Crippen LogP) is -0.534. The van der Waals surface area contributed by atoms with Gasteiger partial charge < -0.3 is 23.8 Å². The Labute approximate surface area is 194 Å². The summed E-state index contributed by atoms with van der Waals surface area (Å²) in [6.45, 7) is 9.81. The van der Waals surface area contributed by atoms with E-state index in [1.165, 1.54) is 10.8 Å².